The molecule has 1 unspecified atom stereocenters. The van der Waals surface area contributed by atoms with Gasteiger partial charge in [-0.05, 0) is 35.5 Å². The molecule has 0 radical (unpaired) electrons. The molecule has 1 saturated heterocycles. The molecule has 4 nitrogen and oxygen atoms in total. The zero-order valence-corrected chi connectivity index (χ0v) is 10.9. The number of halogens is 4. The van der Waals surface area contributed by atoms with Gasteiger partial charge in [-0.15, -0.1) is 0 Å². The fourth-order valence-electron chi connectivity index (χ4n) is 1.44. The normalized spacial score (nSPS) is 18.8. The van der Waals surface area contributed by atoms with Gasteiger partial charge in [0.1, 0.15) is 5.75 Å². The van der Waals surface area contributed by atoms with Crippen molar-refractivity contribution in [3.63, 3.8) is 0 Å². The molecule has 1 N–H and O–H groups in total. The van der Waals surface area contributed by atoms with Crippen LogP contribution in [-0.2, 0) is 4.79 Å². The van der Waals surface area contributed by atoms with Gasteiger partial charge in [-0.25, -0.2) is 0 Å². The summed E-state index contributed by atoms with van der Waals surface area (Å²) < 4.78 is 53.1. The third-order valence-corrected chi connectivity index (χ3v) is 3.11. The second-order valence-electron chi connectivity index (χ2n) is 3.90. The van der Waals surface area contributed by atoms with Crippen LogP contribution in [0, 0.1) is 0 Å². The third kappa shape index (κ3) is 3.97. The summed E-state index contributed by atoms with van der Waals surface area (Å²) in [5.41, 5.74) is 0.300. The quantitative estimate of drug-likeness (QED) is 0.686. The molecule has 1 aromatic rings. The number of alkyl halides is 4. The number of hydrogen-bond acceptors (Lipinski definition) is 4. The number of amides is 2. The van der Waals surface area contributed by atoms with Crippen LogP contribution in [0.1, 0.15) is 5.56 Å². The van der Waals surface area contributed by atoms with Gasteiger partial charge in [0, 0.05) is 0 Å². The minimum absolute atomic E-state index is 0.0877. The fraction of sp³-hybridized carbons (Fsp3) is 0.167. The van der Waals surface area contributed by atoms with Gasteiger partial charge in [-0.3, -0.25) is 14.9 Å². The molecule has 1 atom stereocenters. The van der Waals surface area contributed by atoms with Crippen LogP contribution in [0.2, 0.25) is 0 Å². The van der Waals surface area contributed by atoms with E-state index in [4.69, 9.17) is 0 Å². The Morgan fingerprint density at radius 2 is 2.00 bits per heavy atom. The van der Waals surface area contributed by atoms with E-state index in [1.54, 1.807) is 0 Å². The number of ether oxygens (including phenoxy) is 1. The van der Waals surface area contributed by atoms with Gasteiger partial charge in [0.05, 0.1) is 4.91 Å². The van der Waals surface area contributed by atoms with Crippen molar-refractivity contribution in [1.29, 1.82) is 0 Å². The van der Waals surface area contributed by atoms with E-state index in [9.17, 15) is 27.2 Å². The van der Waals surface area contributed by atoms with E-state index < -0.39 is 23.7 Å². The van der Waals surface area contributed by atoms with Crippen molar-refractivity contribution >= 4 is 29.0 Å². The minimum atomic E-state index is -5.12. The molecule has 0 spiro atoms. The largest absolute Gasteiger partial charge is 0.457 e. The van der Waals surface area contributed by atoms with Crippen molar-refractivity contribution in [2.24, 2.45) is 0 Å². The van der Waals surface area contributed by atoms with Gasteiger partial charge in [0.15, 0.2) is 0 Å². The maximum absolute atomic E-state index is 12.8. The van der Waals surface area contributed by atoms with E-state index in [-0.39, 0.29) is 10.7 Å². The van der Waals surface area contributed by atoms with Crippen LogP contribution in [0.25, 0.3) is 6.08 Å². The summed E-state index contributed by atoms with van der Waals surface area (Å²) in [6.45, 7) is 0. The van der Waals surface area contributed by atoms with Crippen molar-refractivity contribution in [2.45, 2.75) is 12.5 Å². The maximum Gasteiger partial charge on any atom is 0.457 e. The summed E-state index contributed by atoms with van der Waals surface area (Å²) >= 11 is 0.659. The molecule has 112 valence electrons. The predicted molar refractivity (Wildman–Crippen MR) is 67.1 cm³/mol. The molecule has 0 aromatic heterocycles. The predicted octanol–water partition coefficient (Wildman–Crippen LogP) is 3.25. The van der Waals surface area contributed by atoms with E-state index in [2.05, 4.69) is 4.74 Å². The third-order valence-electron chi connectivity index (χ3n) is 2.29. The maximum atomic E-state index is 12.8. The Labute approximate surface area is 120 Å². The summed E-state index contributed by atoms with van der Waals surface area (Å²) in [6, 6.07) is 5.08. The molecule has 0 saturated carbocycles. The average Bonchev–Trinajstić information content (AvgIpc) is 2.67. The monoisotopic (exact) mass is 321 g/mol. The van der Waals surface area contributed by atoms with Crippen LogP contribution in [0.15, 0.2) is 29.2 Å². The molecule has 0 aliphatic carbocycles. The van der Waals surface area contributed by atoms with Crippen LogP contribution < -0.4 is 10.1 Å². The van der Waals surface area contributed by atoms with Crippen molar-refractivity contribution in [1.82, 2.24) is 5.32 Å². The van der Waals surface area contributed by atoms with Crippen molar-refractivity contribution < 1.29 is 31.9 Å². The summed E-state index contributed by atoms with van der Waals surface area (Å²) in [4.78, 5) is 22.4. The summed E-state index contributed by atoms with van der Waals surface area (Å²) in [5.74, 6) is -0.945. The Morgan fingerprint density at radius 3 is 2.57 bits per heavy atom. The first-order valence-electron chi connectivity index (χ1n) is 5.48. The van der Waals surface area contributed by atoms with Crippen LogP contribution >= 0.6 is 11.8 Å². The lowest BCUT2D eigenvalue weighted by Gasteiger charge is -2.14. The van der Waals surface area contributed by atoms with Gasteiger partial charge in [0.2, 0.25) is 0 Å². The number of thioether (sulfide) groups is 1. The highest BCUT2D eigenvalue weighted by Gasteiger charge is 2.42. The van der Waals surface area contributed by atoms with Gasteiger partial charge < -0.3 is 4.74 Å². The van der Waals surface area contributed by atoms with Crippen molar-refractivity contribution in [2.75, 3.05) is 0 Å². The molecule has 21 heavy (non-hydrogen) atoms. The molecule has 1 heterocycles. The number of benzene rings is 1. The highest BCUT2D eigenvalue weighted by molar-refractivity contribution is 8.18. The molecule has 9 heteroatoms. The molecular weight excluding hydrogens is 314 g/mol. The molecule has 2 rings (SSSR count). The molecular formula is C12H7F4NO3S. The lowest BCUT2D eigenvalue weighted by Crippen LogP contribution is -2.29. The van der Waals surface area contributed by atoms with Crippen LogP contribution in [0.4, 0.5) is 22.4 Å². The first kappa shape index (κ1) is 15.4. The number of carbonyl (C=O) groups excluding carboxylic acids is 2. The smallest absolute Gasteiger partial charge is 0.452 e. The first-order valence-corrected chi connectivity index (χ1v) is 6.30. The standard InChI is InChI=1S/C12H7F4NO3S/c13-10(12(14,15)16)20-7-3-1-2-6(4-7)5-8-9(18)17-11(19)21-8/h1-5,10H,(H,17,18,19). The fourth-order valence-corrected chi connectivity index (χ4v) is 2.12. The van der Waals surface area contributed by atoms with Gasteiger partial charge in [-0.1, -0.05) is 12.1 Å². The molecule has 1 aromatic carbocycles. The van der Waals surface area contributed by atoms with E-state index in [1.165, 1.54) is 18.2 Å². The Bertz CT molecular complexity index is 615. The molecule has 0 bridgehead atoms. The van der Waals surface area contributed by atoms with Crippen molar-refractivity contribution in [3.8, 4) is 5.75 Å². The summed E-state index contributed by atoms with van der Waals surface area (Å²) in [7, 11) is 0. The topological polar surface area (TPSA) is 55.4 Å². The van der Waals surface area contributed by atoms with E-state index >= 15 is 0 Å². The van der Waals surface area contributed by atoms with Gasteiger partial charge >= 0.3 is 12.5 Å². The SMILES string of the molecule is O=C1NC(=O)C(=Cc2cccc(OC(F)C(F)(F)F)c2)S1. The zero-order valence-electron chi connectivity index (χ0n) is 10.1. The van der Waals surface area contributed by atoms with Gasteiger partial charge in [0.25, 0.3) is 11.1 Å². The van der Waals surface area contributed by atoms with E-state index in [0.717, 1.165) is 12.1 Å². The minimum Gasteiger partial charge on any atom is -0.452 e. The Hall–Kier alpha value is -2.03. The second-order valence-corrected chi connectivity index (χ2v) is 4.91. The highest BCUT2D eigenvalue weighted by Crippen LogP contribution is 2.29. The Morgan fingerprint density at radius 1 is 1.29 bits per heavy atom. The van der Waals surface area contributed by atoms with Crippen LogP contribution in [0.3, 0.4) is 0 Å². The molecule has 1 aliphatic rings. The second kappa shape index (κ2) is 5.76. The summed E-state index contributed by atoms with van der Waals surface area (Å²) in [5, 5.41) is 1.49. The number of rotatable bonds is 3. The molecule has 1 fully saturated rings. The number of carbonyl (C=O) groups is 2. The number of imide groups is 1. The first-order chi connectivity index (χ1) is 9.75. The van der Waals surface area contributed by atoms with Crippen molar-refractivity contribution in [3.05, 3.63) is 34.7 Å². The Kier molecular flexibility index (Phi) is 4.21. The molecule has 2 amide bonds. The Balaban J connectivity index is 2.17. The average molecular weight is 321 g/mol. The van der Waals surface area contributed by atoms with Crippen LogP contribution in [-0.4, -0.2) is 23.7 Å². The van der Waals surface area contributed by atoms with Gasteiger partial charge in [-0.2, -0.15) is 17.6 Å². The van der Waals surface area contributed by atoms with Crippen LogP contribution in [0.5, 0.6) is 5.75 Å². The number of hydrogen-bond donors (Lipinski definition) is 1. The lowest BCUT2D eigenvalue weighted by molar-refractivity contribution is -0.236. The zero-order chi connectivity index (χ0) is 15.6. The lowest BCUT2D eigenvalue weighted by atomic mass is 10.2. The highest BCUT2D eigenvalue weighted by atomic mass is 32.2. The van der Waals surface area contributed by atoms with E-state index in [0.29, 0.717) is 17.3 Å². The number of nitrogens with one attached hydrogen (secondary N) is 1. The summed E-state index contributed by atoms with van der Waals surface area (Å²) in [6.07, 6.45) is -7.27. The van der Waals surface area contributed by atoms with E-state index in [1.807, 2.05) is 5.32 Å². The molecule has 1 aliphatic heterocycles.